The summed E-state index contributed by atoms with van der Waals surface area (Å²) in [5.41, 5.74) is -0.721. The quantitative estimate of drug-likeness (QED) is 0.651. The van der Waals surface area contributed by atoms with E-state index in [0.717, 1.165) is 6.07 Å². The van der Waals surface area contributed by atoms with E-state index in [1.54, 1.807) is 20.8 Å². The van der Waals surface area contributed by atoms with E-state index in [9.17, 15) is 24.2 Å². The monoisotopic (exact) mass is 342 g/mol. The highest BCUT2D eigenvalue weighted by Gasteiger charge is 2.21. The molecule has 4 N–H and O–H groups in total. The second-order valence-electron chi connectivity index (χ2n) is 6.32. The van der Waals surface area contributed by atoms with Gasteiger partial charge in [-0.3, -0.25) is 10.1 Å². The molecule has 1 aromatic rings. The van der Waals surface area contributed by atoms with E-state index in [1.807, 2.05) is 0 Å². The molecule has 0 heterocycles. The molecule has 2 atom stereocenters. The Balaban J connectivity index is 2.76. The number of carbonyl (C=O) groups is 2. The van der Waals surface area contributed by atoms with Crippen LogP contribution in [0.2, 0.25) is 0 Å². The van der Waals surface area contributed by atoms with Crippen LogP contribution in [-0.4, -0.2) is 40.5 Å². The number of amides is 2. The van der Waals surface area contributed by atoms with Crippen molar-refractivity contribution >= 4 is 17.7 Å². The third-order valence-electron chi connectivity index (χ3n) is 2.89. The molecule has 0 spiro atoms. The highest BCUT2D eigenvalue weighted by molar-refractivity contribution is 5.85. The Hall–Kier alpha value is -2.19. The molecular formula is C16H23FN2O5. The third-order valence-corrected chi connectivity index (χ3v) is 2.89. The van der Waals surface area contributed by atoms with Gasteiger partial charge in [-0.2, -0.15) is 0 Å². The first-order valence-electron chi connectivity index (χ1n) is 7.39. The summed E-state index contributed by atoms with van der Waals surface area (Å²) in [5, 5.41) is 24.4. The second-order valence-corrected chi connectivity index (χ2v) is 6.32. The summed E-state index contributed by atoms with van der Waals surface area (Å²) < 4.78 is 19.1. The molecule has 0 saturated heterocycles. The second kappa shape index (κ2) is 8.07. The van der Waals surface area contributed by atoms with Crippen LogP contribution in [0, 0.1) is 5.82 Å². The van der Waals surface area contributed by atoms with Crippen LogP contribution in [0.15, 0.2) is 18.2 Å². The number of anilines is 1. The first-order chi connectivity index (χ1) is 11.0. The van der Waals surface area contributed by atoms with Crippen molar-refractivity contribution in [1.82, 2.24) is 5.32 Å². The van der Waals surface area contributed by atoms with Crippen LogP contribution in [0.4, 0.5) is 14.9 Å². The molecule has 0 fully saturated rings. The van der Waals surface area contributed by atoms with Gasteiger partial charge in [0.25, 0.3) is 0 Å². The number of halogens is 1. The van der Waals surface area contributed by atoms with E-state index < -0.39 is 29.7 Å². The molecule has 1 aromatic carbocycles. The van der Waals surface area contributed by atoms with Crippen LogP contribution in [-0.2, 0) is 9.53 Å². The van der Waals surface area contributed by atoms with Gasteiger partial charge in [-0.1, -0.05) is 6.07 Å². The molecule has 0 aromatic heterocycles. The molecule has 2 unspecified atom stereocenters. The summed E-state index contributed by atoms with van der Waals surface area (Å²) in [6, 6.07) is 3.61. The molecule has 8 heteroatoms. The Morgan fingerprint density at radius 2 is 1.92 bits per heavy atom. The van der Waals surface area contributed by atoms with E-state index >= 15 is 0 Å². The lowest BCUT2D eigenvalue weighted by molar-refractivity contribution is -0.119. The molecule has 24 heavy (non-hydrogen) atoms. The minimum Gasteiger partial charge on any atom is -0.444 e. The lowest BCUT2D eigenvalue weighted by Gasteiger charge is -2.21. The number of rotatable bonds is 5. The number of hydrogen-bond acceptors (Lipinski definition) is 5. The summed E-state index contributed by atoms with van der Waals surface area (Å²) in [7, 11) is 0. The number of benzene rings is 1. The maximum Gasteiger partial charge on any atom is 0.412 e. The van der Waals surface area contributed by atoms with Gasteiger partial charge in [-0.05, 0) is 38.5 Å². The topological polar surface area (TPSA) is 108 Å². The van der Waals surface area contributed by atoms with Gasteiger partial charge in [0.1, 0.15) is 23.6 Å². The molecule has 0 aliphatic rings. The van der Waals surface area contributed by atoms with Gasteiger partial charge >= 0.3 is 6.09 Å². The van der Waals surface area contributed by atoms with Crippen molar-refractivity contribution < 1.29 is 28.9 Å². The van der Waals surface area contributed by atoms with Crippen molar-refractivity contribution in [2.24, 2.45) is 0 Å². The molecule has 0 radical (unpaired) electrons. The van der Waals surface area contributed by atoms with Crippen LogP contribution in [0.1, 0.15) is 39.4 Å². The summed E-state index contributed by atoms with van der Waals surface area (Å²) in [4.78, 5) is 22.4. The Morgan fingerprint density at radius 3 is 2.42 bits per heavy atom. The minimum absolute atomic E-state index is 0.111. The highest BCUT2D eigenvalue weighted by Crippen LogP contribution is 2.23. The molecule has 2 amide bonds. The van der Waals surface area contributed by atoms with Gasteiger partial charge in [0, 0.05) is 13.5 Å². The van der Waals surface area contributed by atoms with Crippen molar-refractivity contribution in [3.8, 4) is 0 Å². The maximum absolute atomic E-state index is 14.0. The fourth-order valence-corrected chi connectivity index (χ4v) is 1.81. The number of ether oxygens (including phenoxy) is 1. The zero-order valence-corrected chi connectivity index (χ0v) is 14.1. The number of hydrogen-bond donors (Lipinski definition) is 4. The zero-order valence-electron chi connectivity index (χ0n) is 14.1. The number of aliphatic hydroxyl groups excluding tert-OH is 2. The third kappa shape index (κ3) is 6.51. The fourth-order valence-electron chi connectivity index (χ4n) is 1.81. The van der Waals surface area contributed by atoms with E-state index in [0.29, 0.717) is 0 Å². The Bertz CT molecular complexity index is 601. The van der Waals surface area contributed by atoms with Crippen molar-refractivity contribution in [3.05, 3.63) is 29.6 Å². The van der Waals surface area contributed by atoms with Gasteiger partial charge < -0.3 is 20.3 Å². The van der Waals surface area contributed by atoms with Crippen LogP contribution >= 0.6 is 0 Å². The molecule has 0 aliphatic heterocycles. The van der Waals surface area contributed by atoms with Gasteiger partial charge in [-0.15, -0.1) is 0 Å². The summed E-state index contributed by atoms with van der Waals surface area (Å²) >= 11 is 0. The SMILES string of the molecule is CC(=O)NCC(O)C(O)c1ccc(NC(=O)OC(C)(C)C)c(F)c1. The van der Waals surface area contributed by atoms with E-state index in [4.69, 9.17) is 4.74 Å². The first-order valence-corrected chi connectivity index (χ1v) is 7.39. The average molecular weight is 342 g/mol. The van der Waals surface area contributed by atoms with Crippen molar-refractivity contribution in [2.45, 2.75) is 45.5 Å². The average Bonchev–Trinajstić information content (AvgIpc) is 2.44. The number of carbonyl (C=O) groups excluding carboxylic acids is 2. The van der Waals surface area contributed by atoms with E-state index in [2.05, 4.69) is 10.6 Å². The Morgan fingerprint density at radius 1 is 1.29 bits per heavy atom. The highest BCUT2D eigenvalue weighted by atomic mass is 19.1. The zero-order chi connectivity index (χ0) is 18.5. The van der Waals surface area contributed by atoms with Crippen LogP contribution in [0.3, 0.4) is 0 Å². The fraction of sp³-hybridized carbons (Fsp3) is 0.500. The lowest BCUT2D eigenvalue weighted by atomic mass is 10.0. The maximum atomic E-state index is 14.0. The van der Waals surface area contributed by atoms with Crippen molar-refractivity contribution in [3.63, 3.8) is 0 Å². The molecule has 0 aliphatic carbocycles. The van der Waals surface area contributed by atoms with E-state index in [-0.39, 0.29) is 23.7 Å². The standard InChI is InChI=1S/C16H23FN2O5/c1-9(20)18-8-13(21)14(22)10-5-6-12(11(17)7-10)19-15(23)24-16(2,3)4/h5-7,13-14,21-22H,8H2,1-4H3,(H,18,20)(H,19,23). The van der Waals surface area contributed by atoms with Crippen LogP contribution in [0.5, 0.6) is 0 Å². The summed E-state index contributed by atoms with van der Waals surface area (Å²) in [6.07, 6.45) is -3.49. The summed E-state index contributed by atoms with van der Waals surface area (Å²) in [6.45, 7) is 6.14. The van der Waals surface area contributed by atoms with Crippen LogP contribution < -0.4 is 10.6 Å². The predicted molar refractivity (Wildman–Crippen MR) is 85.9 cm³/mol. The molecule has 7 nitrogen and oxygen atoms in total. The van der Waals surface area contributed by atoms with E-state index in [1.165, 1.54) is 19.1 Å². The molecule has 1 rings (SSSR count). The van der Waals surface area contributed by atoms with Gasteiger partial charge in [0.05, 0.1) is 5.69 Å². The normalized spacial score (nSPS) is 13.8. The van der Waals surface area contributed by atoms with Crippen molar-refractivity contribution in [2.75, 3.05) is 11.9 Å². The Labute approximate surface area is 139 Å². The van der Waals surface area contributed by atoms with Crippen molar-refractivity contribution in [1.29, 1.82) is 0 Å². The first kappa shape index (κ1) is 19.9. The molecule has 0 bridgehead atoms. The molecule has 134 valence electrons. The van der Waals surface area contributed by atoms with Crippen LogP contribution in [0.25, 0.3) is 0 Å². The Kier molecular flexibility index (Phi) is 6.68. The minimum atomic E-state index is -1.39. The number of aliphatic hydroxyl groups is 2. The van der Waals surface area contributed by atoms with Gasteiger partial charge in [0.15, 0.2) is 0 Å². The largest absolute Gasteiger partial charge is 0.444 e. The number of nitrogens with one attached hydrogen (secondary N) is 2. The van der Waals surface area contributed by atoms with Gasteiger partial charge in [-0.25, -0.2) is 9.18 Å². The predicted octanol–water partition coefficient (Wildman–Crippen LogP) is 1.70. The van der Waals surface area contributed by atoms with Gasteiger partial charge in [0.2, 0.25) is 5.91 Å². The lowest BCUT2D eigenvalue weighted by Crippen LogP contribution is -2.34. The smallest absolute Gasteiger partial charge is 0.412 e. The molecule has 0 saturated carbocycles. The summed E-state index contributed by atoms with van der Waals surface area (Å²) in [5.74, 6) is -1.14. The molecular weight excluding hydrogens is 319 g/mol.